The second kappa shape index (κ2) is 10.3. The molecule has 0 aliphatic carbocycles. The van der Waals surface area contributed by atoms with Crippen molar-refractivity contribution in [3.05, 3.63) is 53.6 Å². The smallest absolute Gasteiger partial charge is 0.243 e. The number of benzene rings is 2. The van der Waals surface area contributed by atoms with Crippen LogP contribution < -0.4 is 14.8 Å². The highest BCUT2D eigenvalue weighted by Crippen LogP contribution is 2.28. The SMILES string of the molecule is CCOc1ccc(CNC(=O)CN(C)S(=O)(=O)c2ccc(C)cc2)cc1OCC. The number of hydrogen-bond acceptors (Lipinski definition) is 5. The van der Waals surface area contributed by atoms with Crippen molar-refractivity contribution in [3.8, 4) is 11.5 Å². The predicted octanol–water partition coefficient (Wildman–Crippen LogP) is 2.73. The Morgan fingerprint density at radius 2 is 1.62 bits per heavy atom. The van der Waals surface area contributed by atoms with Crippen LogP contribution in [-0.2, 0) is 21.4 Å². The monoisotopic (exact) mass is 420 g/mol. The van der Waals surface area contributed by atoms with E-state index in [0.29, 0.717) is 24.7 Å². The van der Waals surface area contributed by atoms with E-state index >= 15 is 0 Å². The third kappa shape index (κ3) is 6.20. The number of hydrogen-bond donors (Lipinski definition) is 1. The molecule has 2 rings (SSSR count). The fourth-order valence-electron chi connectivity index (χ4n) is 2.64. The van der Waals surface area contributed by atoms with Crippen molar-refractivity contribution >= 4 is 15.9 Å². The van der Waals surface area contributed by atoms with Crippen LogP contribution in [0.4, 0.5) is 0 Å². The van der Waals surface area contributed by atoms with E-state index in [9.17, 15) is 13.2 Å². The molecule has 2 aromatic rings. The first kappa shape index (κ1) is 22.7. The highest BCUT2D eigenvalue weighted by Gasteiger charge is 2.22. The van der Waals surface area contributed by atoms with Crippen LogP contribution in [0.5, 0.6) is 11.5 Å². The molecule has 0 atom stereocenters. The molecule has 2 aromatic carbocycles. The van der Waals surface area contributed by atoms with Crippen molar-refractivity contribution in [1.29, 1.82) is 0 Å². The van der Waals surface area contributed by atoms with Crippen molar-refractivity contribution in [2.45, 2.75) is 32.2 Å². The molecule has 0 saturated carbocycles. The van der Waals surface area contributed by atoms with Crippen LogP contribution in [0.1, 0.15) is 25.0 Å². The quantitative estimate of drug-likeness (QED) is 0.639. The maximum absolute atomic E-state index is 12.6. The van der Waals surface area contributed by atoms with Gasteiger partial charge in [0.1, 0.15) is 0 Å². The van der Waals surface area contributed by atoms with Gasteiger partial charge in [0, 0.05) is 13.6 Å². The summed E-state index contributed by atoms with van der Waals surface area (Å²) in [6.45, 7) is 6.66. The number of likely N-dealkylation sites (N-methyl/N-ethyl adjacent to an activating group) is 1. The molecule has 0 aromatic heterocycles. The van der Waals surface area contributed by atoms with Gasteiger partial charge < -0.3 is 14.8 Å². The van der Waals surface area contributed by atoms with E-state index in [4.69, 9.17) is 9.47 Å². The van der Waals surface area contributed by atoms with Gasteiger partial charge in [-0.1, -0.05) is 23.8 Å². The molecular weight excluding hydrogens is 392 g/mol. The molecule has 0 heterocycles. The molecule has 0 bridgehead atoms. The zero-order valence-electron chi connectivity index (χ0n) is 17.3. The lowest BCUT2D eigenvalue weighted by atomic mass is 10.2. The zero-order valence-corrected chi connectivity index (χ0v) is 18.1. The van der Waals surface area contributed by atoms with Gasteiger partial charge in [-0.05, 0) is 50.6 Å². The molecule has 158 valence electrons. The lowest BCUT2D eigenvalue weighted by Gasteiger charge is -2.17. The van der Waals surface area contributed by atoms with Crippen LogP contribution in [0, 0.1) is 6.92 Å². The third-order valence-corrected chi connectivity index (χ3v) is 6.01. The van der Waals surface area contributed by atoms with Crippen molar-refractivity contribution in [1.82, 2.24) is 9.62 Å². The molecule has 1 amide bonds. The molecule has 0 saturated heterocycles. The molecule has 1 N–H and O–H groups in total. The fraction of sp³-hybridized carbons (Fsp3) is 0.381. The van der Waals surface area contributed by atoms with Crippen molar-refractivity contribution < 1.29 is 22.7 Å². The molecule has 8 heteroatoms. The molecule has 0 radical (unpaired) electrons. The number of sulfonamides is 1. The van der Waals surface area contributed by atoms with Crippen molar-refractivity contribution in [2.75, 3.05) is 26.8 Å². The van der Waals surface area contributed by atoms with Gasteiger partial charge in [-0.2, -0.15) is 4.31 Å². The summed E-state index contributed by atoms with van der Waals surface area (Å²) in [7, 11) is -2.34. The van der Waals surface area contributed by atoms with E-state index in [2.05, 4.69) is 5.32 Å². The molecule has 0 aliphatic heterocycles. The number of nitrogens with zero attached hydrogens (tertiary/aromatic N) is 1. The number of rotatable bonds is 10. The lowest BCUT2D eigenvalue weighted by molar-refractivity contribution is -0.121. The van der Waals surface area contributed by atoms with Crippen LogP contribution in [0.2, 0.25) is 0 Å². The van der Waals surface area contributed by atoms with E-state index in [0.717, 1.165) is 15.4 Å². The Morgan fingerprint density at radius 1 is 1.00 bits per heavy atom. The Hall–Kier alpha value is -2.58. The average molecular weight is 421 g/mol. The molecule has 29 heavy (non-hydrogen) atoms. The first-order valence-corrected chi connectivity index (χ1v) is 10.9. The molecular formula is C21H28N2O5S. The minimum absolute atomic E-state index is 0.159. The van der Waals surface area contributed by atoms with Gasteiger partial charge in [-0.3, -0.25) is 4.79 Å². The number of carbonyl (C=O) groups excluding carboxylic acids is 1. The average Bonchev–Trinajstić information content (AvgIpc) is 2.68. The predicted molar refractivity (Wildman–Crippen MR) is 112 cm³/mol. The highest BCUT2D eigenvalue weighted by atomic mass is 32.2. The summed E-state index contributed by atoms with van der Waals surface area (Å²) in [5, 5.41) is 2.74. The summed E-state index contributed by atoms with van der Waals surface area (Å²) < 4.78 is 37.3. The fourth-order valence-corrected chi connectivity index (χ4v) is 3.77. The number of amides is 1. The molecule has 7 nitrogen and oxygen atoms in total. The van der Waals surface area contributed by atoms with Crippen LogP contribution >= 0.6 is 0 Å². The minimum atomic E-state index is -3.72. The highest BCUT2D eigenvalue weighted by molar-refractivity contribution is 7.89. The minimum Gasteiger partial charge on any atom is -0.490 e. The molecule has 0 fully saturated rings. The molecule has 0 spiro atoms. The second-order valence-corrected chi connectivity index (χ2v) is 8.54. The van der Waals surface area contributed by atoms with Crippen LogP contribution in [0.15, 0.2) is 47.4 Å². The summed E-state index contributed by atoms with van der Waals surface area (Å²) in [5.41, 5.74) is 1.79. The number of carbonyl (C=O) groups is 1. The summed E-state index contributed by atoms with van der Waals surface area (Å²) in [6, 6.07) is 12.0. The maximum atomic E-state index is 12.6. The summed E-state index contributed by atoms with van der Waals surface area (Å²) >= 11 is 0. The van der Waals surface area contributed by atoms with Crippen molar-refractivity contribution in [2.24, 2.45) is 0 Å². The Labute approximate surface area is 172 Å². The first-order chi connectivity index (χ1) is 13.8. The zero-order chi connectivity index (χ0) is 21.4. The second-order valence-electron chi connectivity index (χ2n) is 6.50. The van der Waals surface area contributed by atoms with Gasteiger partial charge in [0.25, 0.3) is 0 Å². The normalized spacial score (nSPS) is 11.3. The van der Waals surface area contributed by atoms with Gasteiger partial charge in [0.2, 0.25) is 15.9 Å². The van der Waals surface area contributed by atoms with E-state index in [1.807, 2.05) is 32.9 Å². The lowest BCUT2D eigenvalue weighted by Crippen LogP contribution is -2.38. The Morgan fingerprint density at radius 3 is 2.24 bits per heavy atom. The molecule has 0 unspecified atom stereocenters. The van der Waals surface area contributed by atoms with Gasteiger partial charge in [0.15, 0.2) is 11.5 Å². The molecule has 0 aliphatic rings. The standard InChI is InChI=1S/C21H28N2O5S/c1-5-27-19-12-9-17(13-20(19)28-6-2)14-22-21(24)15-23(4)29(25,26)18-10-7-16(3)8-11-18/h7-13H,5-6,14-15H2,1-4H3,(H,22,24). The largest absolute Gasteiger partial charge is 0.490 e. The first-order valence-electron chi connectivity index (χ1n) is 9.46. The van der Waals surface area contributed by atoms with Gasteiger partial charge in [-0.15, -0.1) is 0 Å². The Kier molecular flexibility index (Phi) is 8.04. The number of aryl methyl sites for hydroxylation is 1. The number of ether oxygens (including phenoxy) is 2. The van der Waals surface area contributed by atoms with Gasteiger partial charge in [-0.25, -0.2) is 8.42 Å². The maximum Gasteiger partial charge on any atom is 0.243 e. The van der Waals surface area contributed by atoms with Gasteiger partial charge >= 0.3 is 0 Å². The van der Waals surface area contributed by atoms with Crippen LogP contribution in [0.3, 0.4) is 0 Å². The van der Waals surface area contributed by atoms with Crippen molar-refractivity contribution in [3.63, 3.8) is 0 Å². The summed E-state index contributed by atoms with van der Waals surface area (Å²) in [6.07, 6.45) is 0. The van der Waals surface area contributed by atoms with E-state index in [1.165, 1.54) is 19.2 Å². The van der Waals surface area contributed by atoms with Crippen LogP contribution in [-0.4, -0.2) is 45.4 Å². The Bertz CT molecular complexity index is 927. The van der Waals surface area contributed by atoms with E-state index in [-0.39, 0.29) is 18.0 Å². The number of nitrogens with one attached hydrogen (secondary N) is 1. The van der Waals surface area contributed by atoms with Gasteiger partial charge in [0.05, 0.1) is 24.7 Å². The topological polar surface area (TPSA) is 84.9 Å². The third-order valence-electron chi connectivity index (χ3n) is 4.19. The summed E-state index contributed by atoms with van der Waals surface area (Å²) in [4.78, 5) is 12.4. The van der Waals surface area contributed by atoms with Crippen LogP contribution in [0.25, 0.3) is 0 Å². The Balaban J connectivity index is 1.98. The summed E-state index contributed by atoms with van der Waals surface area (Å²) in [5.74, 6) is 0.864. The van der Waals surface area contributed by atoms with E-state index < -0.39 is 15.9 Å². The van der Waals surface area contributed by atoms with E-state index in [1.54, 1.807) is 18.2 Å².